The molecule has 0 atom stereocenters. The van der Waals surface area contributed by atoms with Crippen LogP contribution < -0.4 is 0 Å². The monoisotopic (exact) mass is 225 g/mol. The highest BCUT2D eigenvalue weighted by Gasteiger charge is 2.17. The van der Waals surface area contributed by atoms with Gasteiger partial charge in [-0.3, -0.25) is 0 Å². The predicted molar refractivity (Wildman–Crippen MR) is 62.0 cm³/mol. The minimum Gasteiger partial charge on any atom is -0.477 e. The number of carboxylic acids is 1. The normalized spacial score (nSPS) is 10.7. The Morgan fingerprint density at radius 1 is 1.56 bits per heavy atom. The fourth-order valence-corrected chi connectivity index (χ4v) is 1.93. The van der Waals surface area contributed by atoms with Crippen LogP contribution in [0.1, 0.15) is 35.1 Å². The number of carbonyl (C=O) groups is 1. The average Bonchev–Trinajstić information content (AvgIpc) is 2.56. The first-order valence-corrected chi connectivity index (χ1v) is 5.53. The van der Waals surface area contributed by atoms with Gasteiger partial charge in [-0.05, 0) is 31.4 Å². The van der Waals surface area contributed by atoms with E-state index in [0.717, 1.165) is 24.1 Å². The van der Waals surface area contributed by atoms with Gasteiger partial charge in [0, 0.05) is 26.0 Å². The van der Waals surface area contributed by atoms with E-state index >= 15 is 0 Å². The molecule has 0 fully saturated rings. The molecule has 1 aromatic rings. The first-order valence-electron chi connectivity index (χ1n) is 5.53. The number of aryl methyl sites for hydroxylation is 2. The summed E-state index contributed by atoms with van der Waals surface area (Å²) in [5.74, 6) is -0.845. The number of aromatic nitrogens is 1. The maximum absolute atomic E-state index is 11.2. The number of ether oxygens (including phenoxy) is 1. The summed E-state index contributed by atoms with van der Waals surface area (Å²) in [5.41, 5.74) is 2.34. The minimum absolute atomic E-state index is 0.427. The molecule has 0 aliphatic carbocycles. The molecule has 0 aromatic carbocycles. The van der Waals surface area contributed by atoms with E-state index in [0.29, 0.717) is 18.8 Å². The van der Waals surface area contributed by atoms with Gasteiger partial charge >= 0.3 is 5.97 Å². The smallest absolute Gasteiger partial charge is 0.352 e. The molecular weight excluding hydrogens is 206 g/mol. The van der Waals surface area contributed by atoms with Crippen molar-refractivity contribution in [1.29, 1.82) is 0 Å². The Morgan fingerprint density at radius 3 is 2.75 bits per heavy atom. The van der Waals surface area contributed by atoms with Gasteiger partial charge in [-0.25, -0.2) is 4.79 Å². The average molecular weight is 225 g/mol. The van der Waals surface area contributed by atoms with E-state index in [1.807, 2.05) is 24.5 Å². The Labute approximate surface area is 95.8 Å². The zero-order chi connectivity index (χ0) is 12.1. The predicted octanol–water partition coefficient (Wildman–Crippen LogP) is 2.09. The molecule has 0 spiro atoms. The van der Waals surface area contributed by atoms with Crippen molar-refractivity contribution in [3.63, 3.8) is 0 Å². The summed E-state index contributed by atoms with van der Waals surface area (Å²) in [6.45, 7) is 5.26. The molecule has 1 heterocycles. The lowest BCUT2D eigenvalue weighted by Gasteiger charge is -2.09. The molecule has 1 aromatic heterocycles. The van der Waals surface area contributed by atoms with Gasteiger partial charge in [0.1, 0.15) is 5.69 Å². The second-order valence-corrected chi connectivity index (χ2v) is 3.82. The van der Waals surface area contributed by atoms with Crippen molar-refractivity contribution in [1.82, 2.24) is 4.57 Å². The van der Waals surface area contributed by atoms with E-state index in [1.54, 1.807) is 7.11 Å². The number of hydrogen-bond donors (Lipinski definition) is 1. The van der Waals surface area contributed by atoms with E-state index in [9.17, 15) is 9.90 Å². The van der Waals surface area contributed by atoms with E-state index < -0.39 is 5.97 Å². The summed E-state index contributed by atoms with van der Waals surface area (Å²) in [7, 11) is 1.65. The number of methoxy groups -OCH3 is 1. The number of carboxylic acid groups (broad SMARTS) is 1. The molecule has 4 nitrogen and oxygen atoms in total. The largest absolute Gasteiger partial charge is 0.477 e. The topological polar surface area (TPSA) is 51.5 Å². The molecule has 0 bridgehead atoms. The summed E-state index contributed by atoms with van der Waals surface area (Å²) >= 11 is 0. The summed E-state index contributed by atoms with van der Waals surface area (Å²) in [6.07, 6.45) is 1.58. The fourth-order valence-electron chi connectivity index (χ4n) is 1.93. The highest BCUT2D eigenvalue weighted by Crippen LogP contribution is 2.17. The lowest BCUT2D eigenvalue weighted by molar-refractivity contribution is 0.0682. The summed E-state index contributed by atoms with van der Waals surface area (Å²) in [6, 6.07) is 1.95. The molecule has 1 N–H and O–H groups in total. The zero-order valence-corrected chi connectivity index (χ0v) is 10.1. The highest BCUT2D eigenvalue weighted by atomic mass is 16.5. The van der Waals surface area contributed by atoms with Crippen LogP contribution in [0.5, 0.6) is 0 Å². The molecule has 0 amide bonds. The van der Waals surface area contributed by atoms with Gasteiger partial charge in [0.25, 0.3) is 0 Å². The van der Waals surface area contributed by atoms with Crippen LogP contribution >= 0.6 is 0 Å². The minimum atomic E-state index is -0.845. The van der Waals surface area contributed by atoms with Crippen LogP contribution in [0.2, 0.25) is 0 Å². The number of rotatable bonds is 6. The van der Waals surface area contributed by atoms with Crippen molar-refractivity contribution in [2.24, 2.45) is 0 Å². The third kappa shape index (κ3) is 2.64. The van der Waals surface area contributed by atoms with Gasteiger partial charge in [0.2, 0.25) is 0 Å². The van der Waals surface area contributed by atoms with Crippen molar-refractivity contribution in [3.8, 4) is 0 Å². The second kappa shape index (κ2) is 5.70. The van der Waals surface area contributed by atoms with Crippen molar-refractivity contribution >= 4 is 5.97 Å². The summed E-state index contributed by atoms with van der Waals surface area (Å²) < 4.78 is 6.84. The van der Waals surface area contributed by atoms with Crippen LogP contribution in [0.15, 0.2) is 6.07 Å². The van der Waals surface area contributed by atoms with Crippen LogP contribution in [0.4, 0.5) is 0 Å². The van der Waals surface area contributed by atoms with E-state index in [-0.39, 0.29) is 0 Å². The maximum atomic E-state index is 11.2. The van der Waals surface area contributed by atoms with Crippen LogP contribution in [-0.4, -0.2) is 29.4 Å². The Kier molecular flexibility index (Phi) is 4.55. The molecule has 4 heteroatoms. The van der Waals surface area contributed by atoms with Crippen molar-refractivity contribution in [2.75, 3.05) is 13.7 Å². The second-order valence-electron chi connectivity index (χ2n) is 3.82. The third-order valence-electron chi connectivity index (χ3n) is 2.70. The van der Waals surface area contributed by atoms with E-state index in [1.165, 1.54) is 0 Å². The third-order valence-corrected chi connectivity index (χ3v) is 2.70. The van der Waals surface area contributed by atoms with Gasteiger partial charge in [-0.2, -0.15) is 0 Å². The maximum Gasteiger partial charge on any atom is 0.352 e. The Morgan fingerprint density at radius 2 is 2.25 bits per heavy atom. The Bertz CT molecular complexity index is 369. The molecule has 1 rings (SSSR count). The number of nitrogens with zero attached hydrogens (tertiary/aromatic N) is 1. The van der Waals surface area contributed by atoms with Crippen LogP contribution in [0.25, 0.3) is 0 Å². The van der Waals surface area contributed by atoms with Crippen LogP contribution in [0.3, 0.4) is 0 Å². The lowest BCUT2D eigenvalue weighted by Crippen LogP contribution is -2.12. The van der Waals surface area contributed by atoms with Crippen LogP contribution in [0, 0.1) is 6.92 Å². The molecule has 16 heavy (non-hydrogen) atoms. The van der Waals surface area contributed by atoms with E-state index in [2.05, 4.69) is 0 Å². The van der Waals surface area contributed by atoms with Crippen molar-refractivity contribution < 1.29 is 14.6 Å². The molecule has 0 radical (unpaired) electrons. The molecule has 0 aliphatic heterocycles. The molecule has 0 unspecified atom stereocenters. The standard InChI is InChI=1S/C12H19NO3/c1-4-10-8-9(2)13(6-5-7-16-3)11(10)12(14)15/h8H,4-7H2,1-3H3,(H,14,15). The molecule has 0 saturated heterocycles. The van der Waals surface area contributed by atoms with Gasteiger partial charge < -0.3 is 14.4 Å². The zero-order valence-electron chi connectivity index (χ0n) is 10.1. The van der Waals surface area contributed by atoms with Crippen molar-refractivity contribution in [3.05, 3.63) is 23.0 Å². The molecular formula is C12H19NO3. The first-order chi connectivity index (χ1) is 7.61. The quantitative estimate of drug-likeness (QED) is 0.754. The first kappa shape index (κ1) is 12.8. The fraction of sp³-hybridized carbons (Fsp3) is 0.583. The van der Waals surface area contributed by atoms with Gasteiger partial charge in [-0.15, -0.1) is 0 Å². The highest BCUT2D eigenvalue weighted by molar-refractivity contribution is 5.88. The number of hydrogen-bond acceptors (Lipinski definition) is 2. The van der Waals surface area contributed by atoms with E-state index in [4.69, 9.17) is 4.74 Å². The summed E-state index contributed by atoms with van der Waals surface area (Å²) in [4.78, 5) is 11.2. The molecule has 0 saturated carbocycles. The van der Waals surface area contributed by atoms with Gasteiger partial charge in [0.05, 0.1) is 0 Å². The Balaban J connectivity index is 2.96. The number of aromatic carboxylic acids is 1. The Hall–Kier alpha value is -1.29. The molecule has 0 aliphatic rings. The SMILES string of the molecule is CCc1cc(C)n(CCCOC)c1C(=O)O. The lowest BCUT2D eigenvalue weighted by atomic mass is 10.2. The van der Waals surface area contributed by atoms with Gasteiger partial charge in [0.15, 0.2) is 0 Å². The molecule has 90 valence electrons. The summed E-state index contributed by atoms with van der Waals surface area (Å²) in [5, 5.41) is 9.20. The van der Waals surface area contributed by atoms with Gasteiger partial charge in [-0.1, -0.05) is 6.92 Å². The van der Waals surface area contributed by atoms with Crippen LogP contribution in [-0.2, 0) is 17.7 Å². The van der Waals surface area contributed by atoms with Crippen molar-refractivity contribution in [2.45, 2.75) is 33.2 Å².